The molecule has 0 aromatic heterocycles. The molecule has 0 radical (unpaired) electrons. The van der Waals surface area contributed by atoms with Crippen LogP contribution in [0.5, 0.6) is 0 Å². The highest BCUT2D eigenvalue weighted by atomic mass is 16.5. The van der Waals surface area contributed by atoms with Crippen LogP contribution in [0.15, 0.2) is 0 Å². The van der Waals surface area contributed by atoms with E-state index in [0.29, 0.717) is 6.54 Å². The van der Waals surface area contributed by atoms with Crippen LogP contribution in [0.3, 0.4) is 0 Å². The molecule has 0 aromatic rings. The predicted octanol–water partition coefficient (Wildman–Crippen LogP) is 0.730. The number of carbonyl (C=O) groups is 2. The first-order valence-corrected chi connectivity index (χ1v) is 6.96. The number of hydrogen-bond donors (Lipinski definition) is 2. The molecule has 1 saturated heterocycles. The predicted molar refractivity (Wildman–Crippen MR) is 67.0 cm³/mol. The van der Waals surface area contributed by atoms with E-state index in [-0.39, 0.29) is 12.1 Å². The monoisotopic (exact) mass is 254 g/mol. The molecule has 5 heteroatoms. The smallest absolute Gasteiger partial charge is 0.309 e. The first-order chi connectivity index (χ1) is 8.75. The molecule has 2 fully saturated rings. The number of carbonyl (C=O) groups excluding carboxylic acids is 2. The summed E-state index contributed by atoms with van der Waals surface area (Å²) < 4.78 is 5.39. The van der Waals surface area contributed by atoms with Crippen LogP contribution in [0, 0.1) is 0 Å². The van der Waals surface area contributed by atoms with E-state index in [1.54, 1.807) is 0 Å². The molecule has 1 heterocycles. The topological polar surface area (TPSA) is 67.4 Å². The molecule has 18 heavy (non-hydrogen) atoms. The molecule has 0 bridgehead atoms. The maximum absolute atomic E-state index is 11.7. The van der Waals surface area contributed by atoms with E-state index in [2.05, 4.69) is 10.6 Å². The van der Waals surface area contributed by atoms with Gasteiger partial charge in [-0.05, 0) is 25.7 Å². The first kappa shape index (κ1) is 13.3. The van der Waals surface area contributed by atoms with E-state index in [1.807, 2.05) is 0 Å². The summed E-state index contributed by atoms with van der Waals surface area (Å²) in [5.74, 6) is -1.03. The molecule has 1 saturated carbocycles. The van der Waals surface area contributed by atoms with Crippen molar-refractivity contribution in [3.63, 3.8) is 0 Å². The van der Waals surface area contributed by atoms with Gasteiger partial charge in [0.15, 0.2) is 0 Å². The van der Waals surface area contributed by atoms with Crippen LogP contribution >= 0.6 is 0 Å². The molecule has 0 spiro atoms. The van der Waals surface area contributed by atoms with Crippen LogP contribution in [-0.2, 0) is 14.3 Å². The second kappa shape index (κ2) is 6.73. The molecule has 1 aliphatic carbocycles. The summed E-state index contributed by atoms with van der Waals surface area (Å²) >= 11 is 0. The molecule has 0 aromatic carbocycles. The van der Waals surface area contributed by atoms with Gasteiger partial charge in [-0.2, -0.15) is 0 Å². The molecule has 2 amide bonds. The molecular formula is C13H22N2O3. The van der Waals surface area contributed by atoms with Crippen molar-refractivity contribution in [1.82, 2.24) is 10.6 Å². The second-order valence-corrected chi connectivity index (χ2v) is 5.15. The molecule has 5 nitrogen and oxygen atoms in total. The summed E-state index contributed by atoms with van der Waals surface area (Å²) in [5, 5.41) is 5.44. The van der Waals surface area contributed by atoms with Crippen molar-refractivity contribution in [3.8, 4) is 0 Å². The molecule has 1 atom stereocenters. The molecule has 102 valence electrons. The van der Waals surface area contributed by atoms with E-state index in [0.717, 1.165) is 45.1 Å². The largest absolute Gasteiger partial charge is 0.376 e. The Morgan fingerprint density at radius 3 is 2.44 bits per heavy atom. The van der Waals surface area contributed by atoms with Gasteiger partial charge in [-0.25, -0.2) is 0 Å². The van der Waals surface area contributed by atoms with Gasteiger partial charge in [0, 0.05) is 19.2 Å². The molecule has 1 aliphatic heterocycles. The number of hydrogen-bond acceptors (Lipinski definition) is 3. The Labute approximate surface area is 108 Å². The third-order valence-corrected chi connectivity index (χ3v) is 3.66. The highest BCUT2D eigenvalue weighted by Gasteiger charge is 2.22. The molecule has 0 unspecified atom stereocenters. The first-order valence-electron chi connectivity index (χ1n) is 6.96. The number of amides is 2. The van der Waals surface area contributed by atoms with Crippen molar-refractivity contribution in [2.24, 2.45) is 0 Å². The third-order valence-electron chi connectivity index (χ3n) is 3.66. The van der Waals surface area contributed by atoms with Crippen molar-refractivity contribution in [3.05, 3.63) is 0 Å². The average molecular weight is 254 g/mol. The quantitative estimate of drug-likeness (QED) is 0.730. The lowest BCUT2D eigenvalue weighted by Gasteiger charge is -2.22. The zero-order valence-electron chi connectivity index (χ0n) is 10.7. The minimum Gasteiger partial charge on any atom is -0.376 e. The van der Waals surface area contributed by atoms with Gasteiger partial charge in [0.2, 0.25) is 0 Å². The third kappa shape index (κ3) is 3.98. The normalized spacial score (nSPS) is 24.8. The summed E-state index contributed by atoms with van der Waals surface area (Å²) in [6, 6.07) is 0.180. The van der Waals surface area contributed by atoms with Crippen molar-refractivity contribution < 1.29 is 14.3 Å². The van der Waals surface area contributed by atoms with E-state index in [1.165, 1.54) is 6.42 Å². The van der Waals surface area contributed by atoms with Crippen molar-refractivity contribution >= 4 is 11.8 Å². The Hall–Kier alpha value is -1.10. The Bertz CT molecular complexity index is 295. The van der Waals surface area contributed by atoms with Crippen molar-refractivity contribution in [1.29, 1.82) is 0 Å². The number of nitrogens with one attached hydrogen (secondary N) is 2. The van der Waals surface area contributed by atoms with Crippen molar-refractivity contribution in [2.75, 3.05) is 13.2 Å². The average Bonchev–Trinajstić information content (AvgIpc) is 2.90. The summed E-state index contributed by atoms with van der Waals surface area (Å²) in [5.41, 5.74) is 0. The van der Waals surface area contributed by atoms with Crippen molar-refractivity contribution in [2.45, 2.75) is 57.1 Å². The Morgan fingerprint density at radius 1 is 1.00 bits per heavy atom. The standard InChI is InChI=1S/C13H22N2O3/c16-12(14-9-11-7-4-8-18-11)13(17)15-10-5-2-1-3-6-10/h10-11H,1-9H2,(H,14,16)(H,15,17)/t11-/m0/s1. The van der Waals surface area contributed by atoms with Gasteiger partial charge in [-0.3, -0.25) is 9.59 Å². The minimum absolute atomic E-state index is 0.0800. The highest BCUT2D eigenvalue weighted by molar-refractivity contribution is 6.35. The van der Waals surface area contributed by atoms with Crippen LogP contribution in [-0.4, -0.2) is 37.1 Å². The van der Waals surface area contributed by atoms with Gasteiger partial charge in [0.05, 0.1) is 6.10 Å². The van der Waals surface area contributed by atoms with Gasteiger partial charge < -0.3 is 15.4 Å². The van der Waals surface area contributed by atoms with E-state index < -0.39 is 11.8 Å². The van der Waals surface area contributed by atoms with Crippen LogP contribution in [0.4, 0.5) is 0 Å². The molecule has 2 N–H and O–H groups in total. The SMILES string of the molecule is O=C(NC[C@@H]1CCCO1)C(=O)NC1CCCCC1. The van der Waals surface area contributed by atoms with Gasteiger partial charge >= 0.3 is 11.8 Å². The van der Waals surface area contributed by atoms with Crippen LogP contribution in [0.1, 0.15) is 44.9 Å². The fourth-order valence-corrected chi connectivity index (χ4v) is 2.59. The fraction of sp³-hybridized carbons (Fsp3) is 0.846. The van der Waals surface area contributed by atoms with Gasteiger partial charge in [-0.15, -0.1) is 0 Å². The zero-order valence-corrected chi connectivity index (χ0v) is 10.7. The van der Waals surface area contributed by atoms with Gasteiger partial charge in [-0.1, -0.05) is 19.3 Å². The summed E-state index contributed by atoms with van der Waals surface area (Å²) in [7, 11) is 0. The lowest BCUT2D eigenvalue weighted by molar-refractivity contribution is -0.140. The van der Waals surface area contributed by atoms with E-state index >= 15 is 0 Å². The van der Waals surface area contributed by atoms with Crippen LogP contribution in [0.2, 0.25) is 0 Å². The second-order valence-electron chi connectivity index (χ2n) is 5.15. The Morgan fingerprint density at radius 2 is 1.78 bits per heavy atom. The zero-order chi connectivity index (χ0) is 12.8. The maximum atomic E-state index is 11.7. The van der Waals surface area contributed by atoms with Crippen LogP contribution < -0.4 is 10.6 Å². The Kier molecular flexibility index (Phi) is 4.99. The summed E-state index contributed by atoms with van der Waals surface area (Å²) in [6.07, 6.45) is 7.58. The minimum atomic E-state index is -0.531. The fourth-order valence-electron chi connectivity index (χ4n) is 2.59. The molecular weight excluding hydrogens is 232 g/mol. The molecule has 2 rings (SSSR count). The summed E-state index contributed by atoms with van der Waals surface area (Å²) in [6.45, 7) is 1.20. The Balaban J connectivity index is 1.65. The van der Waals surface area contributed by atoms with Gasteiger partial charge in [0.25, 0.3) is 0 Å². The lowest BCUT2D eigenvalue weighted by Crippen LogP contribution is -2.46. The molecule has 2 aliphatic rings. The lowest BCUT2D eigenvalue weighted by atomic mass is 9.95. The summed E-state index contributed by atoms with van der Waals surface area (Å²) in [4.78, 5) is 23.2. The highest BCUT2D eigenvalue weighted by Crippen LogP contribution is 2.17. The van der Waals surface area contributed by atoms with Gasteiger partial charge in [0.1, 0.15) is 0 Å². The number of ether oxygens (including phenoxy) is 1. The van der Waals surface area contributed by atoms with E-state index in [4.69, 9.17) is 4.74 Å². The van der Waals surface area contributed by atoms with Crippen LogP contribution in [0.25, 0.3) is 0 Å². The number of rotatable bonds is 3. The van der Waals surface area contributed by atoms with E-state index in [9.17, 15) is 9.59 Å². The maximum Gasteiger partial charge on any atom is 0.309 e.